The van der Waals surface area contributed by atoms with Gasteiger partial charge < -0.3 is 29.3 Å². The van der Waals surface area contributed by atoms with Crippen LogP contribution in [0, 0.1) is 17.8 Å². The Kier molecular flexibility index (Phi) is 70.3. The fraction of sp³-hybridized carbons (Fsp3) is 0.945. The lowest BCUT2D eigenvalue weighted by Gasteiger charge is -2.27. The van der Waals surface area contributed by atoms with Gasteiger partial charge in [0, 0.05) is 40.3 Å². The van der Waals surface area contributed by atoms with E-state index in [-0.39, 0.29) is 6.47 Å². The molecule has 8 nitrogen and oxygen atoms in total. The molecule has 0 aromatic heterocycles. The number of hydrogen-bond acceptors (Lipinski definition) is 7. The Morgan fingerprint density at radius 1 is 0.492 bits per heavy atom. The number of carbonyl (C=O) groups is 3. The van der Waals surface area contributed by atoms with Crippen LogP contribution in [0.5, 0.6) is 0 Å². The summed E-state index contributed by atoms with van der Waals surface area (Å²) in [4.78, 5) is 29.5. The molecule has 0 radical (unpaired) electrons. The van der Waals surface area contributed by atoms with Crippen molar-refractivity contribution in [3.63, 3.8) is 0 Å². The molecule has 2 N–H and O–H groups in total. The van der Waals surface area contributed by atoms with E-state index in [4.69, 9.17) is 29.3 Å². The van der Waals surface area contributed by atoms with Crippen LogP contribution in [0.15, 0.2) is 0 Å². The van der Waals surface area contributed by atoms with Crippen molar-refractivity contribution >= 4 is 19.5 Å². The molecule has 0 aliphatic carbocycles. The number of aliphatic hydroxyl groups is 1. The predicted octanol–water partition coefficient (Wildman–Crippen LogP) is 15.6. The number of carbonyl (C=O) groups excluding carboxylic acids is 2. The van der Waals surface area contributed by atoms with Gasteiger partial charge in [0.2, 0.25) is 0 Å². The first-order valence-corrected chi connectivity index (χ1v) is 27.1. The van der Waals surface area contributed by atoms with Crippen LogP contribution in [0.3, 0.4) is 0 Å². The fourth-order valence-corrected chi connectivity index (χ4v) is 9.03. The van der Waals surface area contributed by atoms with Crippen LogP contribution in [0.4, 0.5) is 0 Å². The highest BCUT2D eigenvalue weighted by molar-refractivity contribution is 5.49. The second-order valence-corrected chi connectivity index (χ2v) is 18.3. The van der Waals surface area contributed by atoms with E-state index < -0.39 is 0 Å². The molecule has 1 atom stereocenters. The molecular formula is C55H113NO7. The molecular weight excluding hydrogens is 787 g/mol. The lowest BCUT2D eigenvalue weighted by atomic mass is 9.89. The van der Waals surface area contributed by atoms with Crippen molar-refractivity contribution in [2.45, 2.75) is 265 Å². The topological polar surface area (TPSA) is 113 Å². The molecule has 1 aliphatic rings. The summed E-state index contributed by atoms with van der Waals surface area (Å²) in [6.45, 7) is 17.3. The standard InChI is InChI=1S/C39H79NO2.C13H26O.CH2O2.CH4O.CH2O/c1-4-6-19-26-38(27-20-7-5-2)28-21-15-11-8-9-12-16-22-29-39(31-25-32-40-33-36-42-37-34-40)30-23-17-13-10-14-18-24-35-41-3;1-3-5-7-9-13(11-12-14)10-8-6-4-2;2-1-3;2*1-2/h38-39H,4-37H2,1-3H3;12-13H,3-11H2,1-2H3;1H,(H,2,3);2H,1H3;1H2. The molecule has 0 amide bonds. The first kappa shape index (κ1) is 68.2. The van der Waals surface area contributed by atoms with E-state index in [0.29, 0.717) is 5.92 Å². The minimum absolute atomic E-state index is 0.250. The van der Waals surface area contributed by atoms with Gasteiger partial charge in [0.15, 0.2) is 0 Å². The zero-order valence-electron chi connectivity index (χ0n) is 43.4. The Labute approximate surface area is 394 Å². The Morgan fingerprint density at radius 3 is 1.10 bits per heavy atom. The number of rotatable bonds is 43. The molecule has 1 saturated heterocycles. The molecule has 1 aliphatic heterocycles. The van der Waals surface area contributed by atoms with E-state index in [1.807, 2.05) is 13.9 Å². The van der Waals surface area contributed by atoms with Crippen molar-refractivity contribution in [3.05, 3.63) is 0 Å². The van der Waals surface area contributed by atoms with Crippen LogP contribution < -0.4 is 0 Å². The number of nitrogens with zero attached hydrogens (tertiary/aromatic N) is 1. The average molecular weight is 901 g/mol. The Morgan fingerprint density at radius 2 is 0.778 bits per heavy atom. The second-order valence-electron chi connectivity index (χ2n) is 18.3. The third-order valence-corrected chi connectivity index (χ3v) is 12.9. The van der Waals surface area contributed by atoms with Crippen molar-refractivity contribution in [1.29, 1.82) is 0 Å². The summed E-state index contributed by atoms with van der Waals surface area (Å²) in [5.41, 5.74) is 0. The Balaban J connectivity index is -0.000000688. The van der Waals surface area contributed by atoms with Gasteiger partial charge in [-0.25, -0.2) is 0 Å². The summed E-state index contributed by atoms with van der Waals surface area (Å²) in [5, 5.41) is 13.9. The highest BCUT2D eigenvalue weighted by Crippen LogP contribution is 2.26. The highest BCUT2D eigenvalue weighted by atomic mass is 16.5. The first-order chi connectivity index (χ1) is 31.1. The zero-order valence-corrected chi connectivity index (χ0v) is 43.4. The van der Waals surface area contributed by atoms with E-state index in [9.17, 15) is 4.79 Å². The third kappa shape index (κ3) is 58.6. The molecule has 380 valence electrons. The van der Waals surface area contributed by atoms with Crippen molar-refractivity contribution < 1.29 is 34.1 Å². The van der Waals surface area contributed by atoms with Gasteiger partial charge in [0.25, 0.3) is 6.47 Å². The summed E-state index contributed by atoms with van der Waals surface area (Å²) in [5.74, 6) is 2.66. The molecule has 1 rings (SSSR count). The molecule has 0 aromatic carbocycles. The fourth-order valence-electron chi connectivity index (χ4n) is 9.03. The van der Waals surface area contributed by atoms with E-state index in [2.05, 4.69) is 32.6 Å². The van der Waals surface area contributed by atoms with Gasteiger partial charge in [-0.15, -0.1) is 0 Å². The van der Waals surface area contributed by atoms with Gasteiger partial charge in [-0.3, -0.25) is 9.69 Å². The number of carboxylic acid groups (broad SMARTS) is 1. The predicted molar refractivity (Wildman–Crippen MR) is 273 cm³/mol. The third-order valence-electron chi connectivity index (χ3n) is 12.9. The SMILES string of the molecule is C=O.CCCCCC(CC=O)CCCCC.CCCCCC(CCCCC)CCCCCCCCCCC(CCCCCCCCCOC)CCCN1CCOCC1.CO.O=CO. The zero-order chi connectivity index (χ0) is 47.5. The molecule has 1 fully saturated rings. The first-order valence-electron chi connectivity index (χ1n) is 27.1. The molecule has 1 heterocycles. The summed E-state index contributed by atoms with van der Waals surface area (Å²) in [7, 11) is 2.82. The lowest BCUT2D eigenvalue weighted by molar-refractivity contribution is -0.122. The van der Waals surface area contributed by atoms with Gasteiger partial charge in [-0.2, -0.15) is 0 Å². The lowest BCUT2D eigenvalue weighted by Crippen LogP contribution is -2.36. The summed E-state index contributed by atoms with van der Waals surface area (Å²) >= 11 is 0. The van der Waals surface area contributed by atoms with Gasteiger partial charge in [0.1, 0.15) is 13.1 Å². The molecule has 1 unspecified atom stereocenters. The molecule has 0 spiro atoms. The largest absolute Gasteiger partial charge is 0.483 e. The molecule has 0 bridgehead atoms. The van der Waals surface area contributed by atoms with Crippen LogP contribution in [0.1, 0.15) is 265 Å². The summed E-state index contributed by atoms with van der Waals surface area (Å²) in [6, 6.07) is 0. The monoisotopic (exact) mass is 900 g/mol. The number of hydrogen-bond donors (Lipinski definition) is 2. The van der Waals surface area contributed by atoms with Crippen molar-refractivity contribution in [3.8, 4) is 0 Å². The Hall–Kier alpha value is -1.35. The minimum Gasteiger partial charge on any atom is -0.483 e. The van der Waals surface area contributed by atoms with Gasteiger partial charge in [-0.05, 0) is 43.6 Å². The maximum atomic E-state index is 10.5. The van der Waals surface area contributed by atoms with E-state index in [0.717, 1.165) is 64.6 Å². The number of ether oxygens (including phenoxy) is 2. The second kappa shape index (κ2) is 64.9. The minimum atomic E-state index is -0.250. The van der Waals surface area contributed by atoms with Crippen LogP contribution >= 0.6 is 0 Å². The molecule has 63 heavy (non-hydrogen) atoms. The highest BCUT2D eigenvalue weighted by Gasteiger charge is 2.13. The van der Waals surface area contributed by atoms with Crippen molar-refractivity contribution in [2.75, 3.05) is 53.7 Å². The van der Waals surface area contributed by atoms with E-state index in [1.165, 1.54) is 238 Å². The number of aldehydes is 1. The van der Waals surface area contributed by atoms with Crippen LogP contribution in [-0.4, -0.2) is 88.3 Å². The van der Waals surface area contributed by atoms with E-state index >= 15 is 0 Å². The maximum Gasteiger partial charge on any atom is 0.290 e. The molecule has 0 aromatic rings. The number of morpholine rings is 1. The Bertz CT molecular complexity index is 777. The molecule has 8 heteroatoms. The van der Waals surface area contributed by atoms with Gasteiger partial charge in [-0.1, -0.05) is 240 Å². The summed E-state index contributed by atoms with van der Waals surface area (Å²) < 4.78 is 10.7. The van der Waals surface area contributed by atoms with Gasteiger partial charge in [0.05, 0.1) is 13.2 Å². The van der Waals surface area contributed by atoms with Gasteiger partial charge >= 0.3 is 0 Å². The van der Waals surface area contributed by atoms with Crippen LogP contribution in [0.2, 0.25) is 0 Å². The maximum absolute atomic E-state index is 10.5. The number of aliphatic hydroxyl groups excluding tert-OH is 1. The van der Waals surface area contributed by atoms with Crippen molar-refractivity contribution in [1.82, 2.24) is 4.90 Å². The van der Waals surface area contributed by atoms with Crippen LogP contribution in [-0.2, 0) is 23.9 Å². The quantitative estimate of drug-likeness (QED) is 0.0459. The van der Waals surface area contributed by atoms with Crippen LogP contribution in [0.25, 0.3) is 0 Å². The smallest absolute Gasteiger partial charge is 0.290 e. The average Bonchev–Trinajstić information content (AvgIpc) is 3.31. The van der Waals surface area contributed by atoms with Crippen molar-refractivity contribution in [2.24, 2.45) is 17.8 Å². The number of methoxy groups -OCH3 is 1. The normalized spacial score (nSPS) is 12.8. The number of unbranched alkanes of at least 4 members (excludes halogenated alkanes) is 21. The summed E-state index contributed by atoms with van der Waals surface area (Å²) in [6.07, 6.45) is 52.6. The van der Waals surface area contributed by atoms with E-state index in [1.54, 1.807) is 0 Å². The molecule has 0 saturated carbocycles.